The van der Waals surface area contributed by atoms with Crippen molar-refractivity contribution in [3.63, 3.8) is 0 Å². The highest BCUT2D eigenvalue weighted by atomic mass is 35.5. The molecular weight excluding hydrogens is 290 g/mol. The SMILES string of the molecule is COCCCOc1cc(CNC2CC2)cc(C)c1OC.Cl. The van der Waals surface area contributed by atoms with Crippen LogP contribution in [-0.4, -0.2) is 33.5 Å². The number of hydrogen-bond acceptors (Lipinski definition) is 4. The monoisotopic (exact) mass is 315 g/mol. The van der Waals surface area contributed by atoms with Crippen LogP contribution in [-0.2, 0) is 11.3 Å². The van der Waals surface area contributed by atoms with E-state index in [0.29, 0.717) is 19.3 Å². The summed E-state index contributed by atoms with van der Waals surface area (Å²) in [4.78, 5) is 0. The zero-order chi connectivity index (χ0) is 14.4. The van der Waals surface area contributed by atoms with Crippen molar-refractivity contribution in [2.75, 3.05) is 27.4 Å². The number of rotatable bonds is 9. The van der Waals surface area contributed by atoms with Crippen LogP contribution in [0.1, 0.15) is 30.4 Å². The number of benzene rings is 1. The lowest BCUT2D eigenvalue weighted by Crippen LogP contribution is -2.15. The maximum absolute atomic E-state index is 5.84. The van der Waals surface area contributed by atoms with Gasteiger partial charge in [-0.1, -0.05) is 6.07 Å². The molecule has 1 fully saturated rings. The lowest BCUT2D eigenvalue weighted by molar-refractivity contribution is 0.170. The van der Waals surface area contributed by atoms with Crippen molar-refractivity contribution in [1.29, 1.82) is 0 Å². The Morgan fingerprint density at radius 1 is 1.19 bits per heavy atom. The number of hydrogen-bond donors (Lipinski definition) is 1. The molecule has 0 atom stereocenters. The predicted molar refractivity (Wildman–Crippen MR) is 86.8 cm³/mol. The fourth-order valence-electron chi connectivity index (χ4n) is 2.22. The summed E-state index contributed by atoms with van der Waals surface area (Å²) < 4.78 is 16.3. The zero-order valence-corrected chi connectivity index (χ0v) is 13.9. The molecule has 1 aliphatic rings. The number of nitrogens with one attached hydrogen (secondary N) is 1. The van der Waals surface area contributed by atoms with E-state index in [1.165, 1.54) is 18.4 Å². The maximum atomic E-state index is 5.84. The second kappa shape index (κ2) is 9.13. The summed E-state index contributed by atoms with van der Waals surface area (Å²) in [7, 11) is 3.39. The van der Waals surface area contributed by atoms with E-state index in [4.69, 9.17) is 14.2 Å². The van der Waals surface area contributed by atoms with Crippen LogP contribution in [0.25, 0.3) is 0 Å². The Morgan fingerprint density at radius 3 is 2.57 bits per heavy atom. The standard InChI is InChI=1S/C16H25NO3.ClH/c1-12-9-13(11-17-14-5-6-14)10-15(16(12)19-3)20-8-4-7-18-2;/h9-10,14,17H,4-8,11H2,1-3H3;1H. The van der Waals surface area contributed by atoms with Gasteiger partial charge in [0.05, 0.1) is 13.7 Å². The van der Waals surface area contributed by atoms with E-state index in [2.05, 4.69) is 24.4 Å². The number of methoxy groups -OCH3 is 2. The molecule has 0 spiro atoms. The minimum atomic E-state index is 0. The first kappa shape index (κ1) is 18.1. The zero-order valence-electron chi connectivity index (χ0n) is 13.1. The van der Waals surface area contributed by atoms with Gasteiger partial charge in [0.2, 0.25) is 0 Å². The molecule has 0 aromatic heterocycles. The van der Waals surface area contributed by atoms with E-state index in [1.807, 2.05) is 0 Å². The van der Waals surface area contributed by atoms with Crippen LogP contribution in [0.4, 0.5) is 0 Å². The Morgan fingerprint density at radius 2 is 1.95 bits per heavy atom. The van der Waals surface area contributed by atoms with Crippen molar-refractivity contribution >= 4 is 12.4 Å². The summed E-state index contributed by atoms with van der Waals surface area (Å²) in [6, 6.07) is 4.95. The Labute approximate surface area is 133 Å². The van der Waals surface area contributed by atoms with Crippen LogP contribution >= 0.6 is 12.4 Å². The Balaban J connectivity index is 0.00000220. The van der Waals surface area contributed by atoms with Crippen molar-refractivity contribution in [3.8, 4) is 11.5 Å². The van der Waals surface area contributed by atoms with Crippen LogP contribution in [0.15, 0.2) is 12.1 Å². The van der Waals surface area contributed by atoms with Gasteiger partial charge in [-0.2, -0.15) is 0 Å². The fourth-order valence-corrected chi connectivity index (χ4v) is 2.22. The van der Waals surface area contributed by atoms with E-state index >= 15 is 0 Å². The van der Waals surface area contributed by atoms with Crippen molar-refractivity contribution in [1.82, 2.24) is 5.32 Å². The summed E-state index contributed by atoms with van der Waals surface area (Å²) >= 11 is 0. The molecule has 0 bridgehead atoms. The van der Waals surface area contributed by atoms with Crippen molar-refractivity contribution < 1.29 is 14.2 Å². The molecule has 2 rings (SSSR count). The second-order valence-corrected chi connectivity index (χ2v) is 5.29. The predicted octanol–water partition coefficient (Wildman–Crippen LogP) is 3.09. The normalized spacial score (nSPS) is 13.7. The first-order chi connectivity index (χ1) is 9.74. The third-order valence-corrected chi connectivity index (χ3v) is 3.43. The molecule has 5 heteroatoms. The molecule has 0 aliphatic heterocycles. The first-order valence-electron chi connectivity index (χ1n) is 7.27. The lowest BCUT2D eigenvalue weighted by Gasteiger charge is -2.15. The first-order valence-corrected chi connectivity index (χ1v) is 7.27. The number of halogens is 1. The van der Waals surface area contributed by atoms with Crippen LogP contribution in [0.3, 0.4) is 0 Å². The molecule has 4 nitrogen and oxygen atoms in total. The third-order valence-electron chi connectivity index (χ3n) is 3.43. The molecule has 21 heavy (non-hydrogen) atoms. The summed E-state index contributed by atoms with van der Waals surface area (Å²) in [5.41, 5.74) is 2.36. The topological polar surface area (TPSA) is 39.7 Å². The Bertz CT molecular complexity index is 436. The Kier molecular flexibility index (Phi) is 7.86. The van der Waals surface area contributed by atoms with Crippen molar-refractivity contribution in [3.05, 3.63) is 23.3 Å². The van der Waals surface area contributed by atoms with Crippen LogP contribution < -0.4 is 14.8 Å². The van der Waals surface area contributed by atoms with Crippen LogP contribution in [0, 0.1) is 6.92 Å². The van der Waals surface area contributed by atoms with E-state index < -0.39 is 0 Å². The van der Waals surface area contributed by atoms with Gasteiger partial charge in [-0.05, 0) is 37.0 Å². The molecule has 1 N–H and O–H groups in total. The largest absolute Gasteiger partial charge is 0.493 e. The minimum absolute atomic E-state index is 0. The van der Waals surface area contributed by atoms with Gasteiger partial charge in [0, 0.05) is 32.7 Å². The van der Waals surface area contributed by atoms with Crippen molar-refractivity contribution in [2.45, 2.75) is 38.8 Å². The molecule has 1 aromatic rings. The van der Waals surface area contributed by atoms with Gasteiger partial charge in [-0.25, -0.2) is 0 Å². The molecular formula is C16H26ClNO3. The summed E-state index contributed by atoms with van der Waals surface area (Å²) in [6.45, 7) is 4.30. The Hall–Kier alpha value is -0.970. The number of aryl methyl sites for hydroxylation is 1. The van der Waals surface area contributed by atoms with Crippen molar-refractivity contribution in [2.24, 2.45) is 0 Å². The van der Waals surface area contributed by atoms with Gasteiger partial charge in [-0.3, -0.25) is 0 Å². The molecule has 0 heterocycles. The minimum Gasteiger partial charge on any atom is -0.493 e. The summed E-state index contributed by atoms with van der Waals surface area (Å²) in [6.07, 6.45) is 3.48. The quantitative estimate of drug-likeness (QED) is 0.711. The number of ether oxygens (including phenoxy) is 3. The van der Waals surface area contributed by atoms with Crippen LogP contribution in [0.2, 0.25) is 0 Å². The highest BCUT2D eigenvalue weighted by molar-refractivity contribution is 5.85. The molecule has 0 saturated heterocycles. The highest BCUT2D eigenvalue weighted by Gasteiger charge is 2.20. The van der Waals surface area contributed by atoms with Gasteiger partial charge in [-0.15, -0.1) is 12.4 Å². The summed E-state index contributed by atoms with van der Waals surface area (Å²) in [5, 5.41) is 3.52. The smallest absolute Gasteiger partial charge is 0.163 e. The maximum Gasteiger partial charge on any atom is 0.163 e. The molecule has 0 radical (unpaired) electrons. The van der Waals surface area contributed by atoms with E-state index in [-0.39, 0.29) is 12.4 Å². The van der Waals surface area contributed by atoms with Gasteiger partial charge in [0.1, 0.15) is 0 Å². The second-order valence-electron chi connectivity index (χ2n) is 5.29. The van der Waals surface area contributed by atoms with E-state index in [1.54, 1.807) is 14.2 Å². The van der Waals surface area contributed by atoms with E-state index in [0.717, 1.165) is 30.0 Å². The van der Waals surface area contributed by atoms with Gasteiger partial charge in [0.25, 0.3) is 0 Å². The molecule has 0 amide bonds. The van der Waals surface area contributed by atoms with Gasteiger partial charge in [0.15, 0.2) is 11.5 Å². The van der Waals surface area contributed by atoms with E-state index in [9.17, 15) is 0 Å². The van der Waals surface area contributed by atoms with Crippen LogP contribution in [0.5, 0.6) is 11.5 Å². The molecule has 120 valence electrons. The average Bonchev–Trinajstić information content (AvgIpc) is 3.25. The van der Waals surface area contributed by atoms with Gasteiger partial charge >= 0.3 is 0 Å². The molecule has 1 aromatic carbocycles. The molecule has 1 saturated carbocycles. The lowest BCUT2D eigenvalue weighted by atomic mass is 10.1. The third kappa shape index (κ3) is 5.73. The molecule has 0 unspecified atom stereocenters. The molecule has 1 aliphatic carbocycles. The average molecular weight is 316 g/mol. The highest BCUT2D eigenvalue weighted by Crippen LogP contribution is 2.32. The summed E-state index contributed by atoms with van der Waals surface area (Å²) in [5.74, 6) is 1.66. The fraction of sp³-hybridized carbons (Fsp3) is 0.625. The van der Waals surface area contributed by atoms with Gasteiger partial charge < -0.3 is 19.5 Å².